The number of halogens is 3. The molecule has 2 aromatic heterocycles. The van der Waals surface area contributed by atoms with Gasteiger partial charge in [-0.05, 0) is 48.9 Å². The third-order valence-corrected chi connectivity index (χ3v) is 6.63. The molecular formula is C28H28F3N7O4. The highest BCUT2D eigenvalue weighted by Crippen LogP contribution is 2.38. The van der Waals surface area contributed by atoms with E-state index < -0.39 is 17.8 Å². The molecule has 4 N–H and O–H groups in total. The summed E-state index contributed by atoms with van der Waals surface area (Å²) in [5.41, 5.74) is 5.83. The maximum Gasteiger partial charge on any atom is 0.420 e. The molecule has 11 nitrogen and oxygen atoms in total. The van der Waals surface area contributed by atoms with Crippen molar-refractivity contribution in [3.63, 3.8) is 0 Å². The van der Waals surface area contributed by atoms with Gasteiger partial charge in [-0.25, -0.2) is 14.8 Å². The number of hydrogen-bond acceptors (Lipinski definition) is 8. The van der Waals surface area contributed by atoms with Gasteiger partial charge in [0.25, 0.3) is 0 Å². The minimum absolute atomic E-state index is 0.0471. The first-order chi connectivity index (χ1) is 20.2. The molecule has 0 unspecified atom stereocenters. The van der Waals surface area contributed by atoms with Gasteiger partial charge >= 0.3 is 12.2 Å². The van der Waals surface area contributed by atoms with Gasteiger partial charge in [-0.15, -0.1) is 0 Å². The molecule has 5 rings (SSSR count). The van der Waals surface area contributed by atoms with E-state index in [1.807, 2.05) is 0 Å². The molecule has 2 amide bonds. The fourth-order valence-corrected chi connectivity index (χ4v) is 4.56. The van der Waals surface area contributed by atoms with Gasteiger partial charge in [-0.2, -0.15) is 13.2 Å². The van der Waals surface area contributed by atoms with Crippen molar-refractivity contribution in [1.29, 1.82) is 0 Å². The van der Waals surface area contributed by atoms with Crippen LogP contribution in [0.3, 0.4) is 0 Å². The highest BCUT2D eigenvalue weighted by molar-refractivity contribution is 6.00. The number of nitrogens with two attached hydrogens (primary N) is 1. The number of nitrogens with zero attached hydrogens (tertiary/aromatic N) is 4. The molecule has 0 bridgehead atoms. The fraction of sp³-hybridized carbons (Fsp3) is 0.286. The van der Waals surface area contributed by atoms with Crippen molar-refractivity contribution in [2.24, 2.45) is 0 Å². The van der Waals surface area contributed by atoms with Crippen LogP contribution in [0.4, 0.5) is 35.2 Å². The molecule has 0 radical (unpaired) electrons. The Morgan fingerprint density at radius 2 is 1.74 bits per heavy atom. The van der Waals surface area contributed by atoms with Crippen LogP contribution in [0.1, 0.15) is 12.0 Å². The van der Waals surface area contributed by atoms with Crippen LogP contribution in [0.5, 0.6) is 5.75 Å². The first-order valence-corrected chi connectivity index (χ1v) is 13.1. The zero-order chi connectivity index (χ0) is 29.7. The maximum atomic E-state index is 13.8. The molecule has 3 heterocycles. The molecule has 0 aliphatic carbocycles. The number of rotatable bonds is 8. The van der Waals surface area contributed by atoms with Gasteiger partial charge in [0, 0.05) is 49.0 Å². The van der Waals surface area contributed by atoms with Crippen LogP contribution >= 0.6 is 0 Å². The summed E-state index contributed by atoms with van der Waals surface area (Å²) in [5, 5.41) is 5.20. The molecule has 42 heavy (non-hydrogen) atoms. The summed E-state index contributed by atoms with van der Waals surface area (Å²) in [6.07, 6.45) is -1.31. The first kappa shape index (κ1) is 28.8. The molecule has 4 aromatic rings. The monoisotopic (exact) mass is 583 g/mol. The van der Waals surface area contributed by atoms with Crippen molar-refractivity contribution in [3.8, 4) is 11.4 Å². The van der Waals surface area contributed by atoms with Gasteiger partial charge < -0.3 is 30.4 Å². The number of nitrogen functional groups attached to an aromatic ring is 1. The van der Waals surface area contributed by atoms with Gasteiger partial charge in [0.1, 0.15) is 23.3 Å². The summed E-state index contributed by atoms with van der Waals surface area (Å²) in [7, 11) is 0. The molecule has 1 aliphatic heterocycles. The van der Waals surface area contributed by atoms with Gasteiger partial charge in [0.05, 0.1) is 25.4 Å². The second kappa shape index (κ2) is 12.4. The highest BCUT2D eigenvalue weighted by atomic mass is 19.4. The molecule has 1 aliphatic rings. The smallest absolute Gasteiger partial charge is 0.420 e. The van der Waals surface area contributed by atoms with E-state index in [2.05, 4.69) is 25.5 Å². The number of aromatic nitrogens is 3. The number of urea groups is 1. The molecule has 1 fully saturated rings. The van der Waals surface area contributed by atoms with Crippen molar-refractivity contribution in [2.45, 2.75) is 12.6 Å². The molecule has 1 saturated heterocycles. The number of amides is 2. The molecule has 0 spiro atoms. The van der Waals surface area contributed by atoms with E-state index in [0.29, 0.717) is 43.2 Å². The standard InChI is InChI=1S/C28H28F3N7O4/c29-28(30,31)21-16-19(4-7-23(21)42-13-1-9-37-11-14-41-15-12-37)36-27(40)35-18-2-5-20(6-3-18)38-10-8-22(39)24-25(32)33-17-34-26(24)38/h2-8,10,16-17H,1,9,11-15H2,(H2,32,33,34)(H2,35,36,40). The lowest BCUT2D eigenvalue weighted by atomic mass is 10.1. The summed E-state index contributed by atoms with van der Waals surface area (Å²) < 4.78 is 53.7. The van der Waals surface area contributed by atoms with E-state index in [1.165, 1.54) is 24.5 Å². The quantitative estimate of drug-likeness (QED) is 0.264. The van der Waals surface area contributed by atoms with Crippen molar-refractivity contribution in [3.05, 3.63) is 76.8 Å². The summed E-state index contributed by atoms with van der Waals surface area (Å²) in [6.45, 7) is 3.70. The number of carbonyl (C=O) groups excluding carboxylic acids is 1. The van der Waals surface area contributed by atoms with Crippen LogP contribution in [0, 0.1) is 0 Å². The SMILES string of the molecule is Nc1ncnc2c1c(=O)ccn2-c1ccc(NC(=O)Nc2ccc(OCCCN3CCOCC3)c(C(F)(F)F)c2)cc1. The predicted octanol–water partition coefficient (Wildman–Crippen LogP) is 4.13. The van der Waals surface area contributed by atoms with E-state index in [1.54, 1.807) is 35.0 Å². The largest absolute Gasteiger partial charge is 0.493 e. The second-order valence-corrected chi connectivity index (χ2v) is 9.50. The normalized spacial score (nSPS) is 14.1. The number of anilines is 3. The lowest BCUT2D eigenvalue weighted by Crippen LogP contribution is -2.37. The van der Waals surface area contributed by atoms with Gasteiger partial charge in [0.15, 0.2) is 11.1 Å². The van der Waals surface area contributed by atoms with Crippen LogP contribution < -0.4 is 26.5 Å². The fourth-order valence-electron chi connectivity index (χ4n) is 4.56. The minimum Gasteiger partial charge on any atom is -0.493 e. The average molecular weight is 584 g/mol. The first-order valence-electron chi connectivity index (χ1n) is 13.1. The van der Waals surface area contributed by atoms with Crippen LogP contribution in [0.15, 0.2) is 65.8 Å². The number of hydrogen-bond donors (Lipinski definition) is 3. The van der Waals surface area contributed by atoms with E-state index in [9.17, 15) is 22.8 Å². The Hall–Kier alpha value is -4.69. The Kier molecular flexibility index (Phi) is 8.54. The highest BCUT2D eigenvalue weighted by Gasteiger charge is 2.35. The summed E-state index contributed by atoms with van der Waals surface area (Å²) >= 11 is 0. The average Bonchev–Trinajstić information content (AvgIpc) is 2.97. The van der Waals surface area contributed by atoms with Crippen LogP contribution in [-0.4, -0.2) is 64.9 Å². The van der Waals surface area contributed by atoms with E-state index in [4.69, 9.17) is 15.2 Å². The summed E-state index contributed by atoms with van der Waals surface area (Å²) in [5.74, 6) is -0.237. The van der Waals surface area contributed by atoms with E-state index in [-0.39, 0.29) is 34.7 Å². The van der Waals surface area contributed by atoms with Crippen molar-refractivity contribution in [1.82, 2.24) is 19.4 Å². The van der Waals surface area contributed by atoms with Crippen molar-refractivity contribution < 1.29 is 27.4 Å². The number of benzene rings is 2. The number of nitrogens with one attached hydrogen (secondary N) is 2. The Morgan fingerprint density at radius 3 is 2.48 bits per heavy atom. The van der Waals surface area contributed by atoms with Crippen LogP contribution in [0.25, 0.3) is 16.7 Å². The van der Waals surface area contributed by atoms with Gasteiger partial charge in [0.2, 0.25) is 0 Å². The number of pyridine rings is 1. The Labute approximate surface area is 238 Å². The zero-order valence-corrected chi connectivity index (χ0v) is 22.4. The third kappa shape index (κ3) is 6.78. The third-order valence-electron chi connectivity index (χ3n) is 6.63. The summed E-state index contributed by atoms with van der Waals surface area (Å²) in [6, 6.07) is 10.5. The Morgan fingerprint density at radius 1 is 1.02 bits per heavy atom. The Balaban J connectivity index is 1.22. The van der Waals surface area contributed by atoms with Crippen LogP contribution in [0.2, 0.25) is 0 Å². The van der Waals surface area contributed by atoms with Gasteiger partial charge in [-0.3, -0.25) is 9.69 Å². The number of morpholine rings is 1. The summed E-state index contributed by atoms with van der Waals surface area (Å²) in [4.78, 5) is 35.0. The maximum absolute atomic E-state index is 13.8. The van der Waals surface area contributed by atoms with Crippen molar-refractivity contribution >= 4 is 34.3 Å². The zero-order valence-electron chi connectivity index (χ0n) is 22.4. The number of alkyl halides is 3. The molecule has 220 valence electrons. The van der Waals surface area contributed by atoms with E-state index >= 15 is 0 Å². The topological polar surface area (TPSA) is 137 Å². The molecule has 0 atom stereocenters. The minimum atomic E-state index is -4.68. The lowest BCUT2D eigenvalue weighted by molar-refractivity contribution is -0.138. The van der Waals surface area contributed by atoms with Crippen molar-refractivity contribution in [2.75, 3.05) is 55.8 Å². The number of carbonyl (C=O) groups is 1. The second-order valence-electron chi connectivity index (χ2n) is 9.50. The Bertz CT molecular complexity index is 1620. The van der Waals surface area contributed by atoms with Crippen LogP contribution in [-0.2, 0) is 10.9 Å². The van der Waals surface area contributed by atoms with E-state index in [0.717, 1.165) is 19.2 Å². The molecule has 0 saturated carbocycles. The molecule has 2 aromatic carbocycles. The number of ether oxygens (including phenoxy) is 2. The number of fused-ring (bicyclic) bond motifs is 1. The lowest BCUT2D eigenvalue weighted by Gasteiger charge is -2.26. The molecule has 14 heteroatoms. The van der Waals surface area contributed by atoms with Gasteiger partial charge in [-0.1, -0.05) is 0 Å². The molecular weight excluding hydrogens is 555 g/mol. The predicted molar refractivity (Wildman–Crippen MR) is 151 cm³/mol.